The van der Waals surface area contributed by atoms with Gasteiger partial charge in [0.05, 0.1) is 23.6 Å². The van der Waals surface area contributed by atoms with E-state index in [1.54, 1.807) is 12.1 Å². The number of amides is 1. The fourth-order valence-electron chi connectivity index (χ4n) is 2.57. The van der Waals surface area contributed by atoms with E-state index in [0.717, 1.165) is 27.8 Å². The minimum atomic E-state index is -0.338. The molecule has 0 aliphatic rings. The van der Waals surface area contributed by atoms with Crippen LogP contribution in [-0.4, -0.2) is 28.2 Å². The van der Waals surface area contributed by atoms with Crippen LogP contribution < -0.4 is 10.9 Å². The summed E-state index contributed by atoms with van der Waals surface area (Å²) in [7, 11) is 0. The molecule has 0 unspecified atom stereocenters. The normalized spacial score (nSPS) is 10.7. The first-order chi connectivity index (χ1) is 13.0. The lowest BCUT2D eigenvalue weighted by molar-refractivity contribution is -0.118. The first kappa shape index (κ1) is 19.1. The highest BCUT2D eigenvalue weighted by molar-refractivity contribution is 7.99. The van der Waals surface area contributed by atoms with Crippen LogP contribution in [0.4, 0.5) is 4.39 Å². The van der Waals surface area contributed by atoms with Crippen molar-refractivity contribution in [3.05, 3.63) is 45.3 Å². The van der Waals surface area contributed by atoms with Gasteiger partial charge in [-0.3, -0.25) is 9.59 Å². The van der Waals surface area contributed by atoms with Gasteiger partial charge in [0, 0.05) is 17.0 Å². The van der Waals surface area contributed by atoms with Crippen LogP contribution in [0.15, 0.2) is 34.2 Å². The lowest BCUT2D eigenvalue weighted by Gasteiger charge is -2.04. The average Bonchev–Trinajstić information content (AvgIpc) is 2.97. The van der Waals surface area contributed by atoms with Crippen LogP contribution in [-0.2, 0) is 4.79 Å². The minimum absolute atomic E-state index is 0.0923. The lowest BCUT2D eigenvalue weighted by atomic mass is 10.0. The summed E-state index contributed by atoms with van der Waals surface area (Å²) in [5, 5.41) is 11.9. The minimum Gasteiger partial charge on any atom is -0.354 e. The van der Waals surface area contributed by atoms with Crippen molar-refractivity contribution in [3.8, 4) is 17.2 Å². The van der Waals surface area contributed by atoms with E-state index in [2.05, 4.69) is 15.3 Å². The van der Waals surface area contributed by atoms with E-state index >= 15 is 0 Å². The molecule has 1 amide bonds. The molecule has 0 aliphatic heterocycles. The van der Waals surface area contributed by atoms with Gasteiger partial charge in [-0.2, -0.15) is 5.26 Å². The smallest absolute Gasteiger partial charge is 0.260 e. The van der Waals surface area contributed by atoms with E-state index in [-0.39, 0.29) is 29.5 Å². The van der Waals surface area contributed by atoms with Crippen molar-refractivity contribution in [1.29, 1.82) is 5.26 Å². The summed E-state index contributed by atoms with van der Waals surface area (Å²) in [5.74, 6) is -0.475. The van der Waals surface area contributed by atoms with Crippen molar-refractivity contribution in [3.63, 3.8) is 0 Å². The third kappa shape index (κ3) is 4.35. The van der Waals surface area contributed by atoms with Gasteiger partial charge in [-0.1, -0.05) is 23.9 Å². The molecule has 9 heteroatoms. The van der Waals surface area contributed by atoms with E-state index < -0.39 is 0 Å². The second-order valence-corrected chi connectivity index (χ2v) is 7.81. The maximum absolute atomic E-state index is 13.2. The Morgan fingerprint density at radius 3 is 2.85 bits per heavy atom. The number of thioether (sulfide) groups is 1. The number of rotatable bonds is 6. The average molecular weight is 402 g/mol. The molecule has 6 nitrogen and oxygen atoms in total. The number of halogens is 1. The molecule has 0 atom stereocenters. The van der Waals surface area contributed by atoms with Crippen LogP contribution in [0.1, 0.15) is 11.3 Å². The predicted octanol–water partition coefficient (Wildman–Crippen LogP) is 3.22. The fourth-order valence-corrected chi connectivity index (χ4v) is 4.37. The molecule has 0 spiro atoms. The number of fused-ring (bicyclic) bond motifs is 1. The molecule has 1 aromatic carbocycles. The molecule has 2 aromatic heterocycles. The first-order valence-corrected chi connectivity index (χ1v) is 9.85. The van der Waals surface area contributed by atoms with Crippen molar-refractivity contribution in [2.24, 2.45) is 0 Å². The zero-order valence-electron chi connectivity index (χ0n) is 14.3. The summed E-state index contributed by atoms with van der Waals surface area (Å²) in [5.41, 5.74) is 1.20. The van der Waals surface area contributed by atoms with Gasteiger partial charge in [0.25, 0.3) is 5.56 Å². The molecule has 2 heterocycles. The summed E-state index contributed by atoms with van der Waals surface area (Å²) in [6.45, 7) is 2.18. The van der Waals surface area contributed by atoms with Gasteiger partial charge < -0.3 is 10.3 Å². The van der Waals surface area contributed by atoms with E-state index in [1.165, 1.54) is 23.5 Å². The Kier molecular flexibility index (Phi) is 5.88. The van der Waals surface area contributed by atoms with Gasteiger partial charge in [0.2, 0.25) is 5.91 Å². The SMILES string of the molecule is Cc1sc2nc(SCC(=O)NCCC#N)[nH]c(=O)c2c1-c1ccc(F)cc1. The highest BCUT2D eigenvalue weighted by Crippen LogP contribution is 2.36. The summed E-state index contributed by atoms with van der Waals surface area (Å²) in [6, 6.07) is 7.93. The highest BCUT2D eigenvalue weighted by Gasteiger charge is 2.17. The number of carbonyl (C=O) groups is 1. The zero-order chi connectivity index (χ0) is 19.4. The summed E-state index contributed by atoms with van der Waals surface area (Å²) >= 11 is 2.51. The quantitative estimate of drug-likeness (QED) is 0.375. The predicted molar refractivity (Wildman–Crippen MR) is 104 cm³/mol. The number of hydrogen-bond donors (Lipinski definition) is 2. The van der Waals surface area contributed by atoms with E-state index in [9.17, 15) is 14.0 Å². The molecular formula is C18H15FN4O2S2. The number of hydrogen-bond acceptors (Lipinski definition) is 6. The Labute approximate surface area is 162 Å². The lowest BCUT2D eigenvalue weighted by Crippen LogP contribution is -2.26. The molecule has 0 saturated carbocycles. The van der Waals surface area contributed by atoms with Crippen molar-refractivity contribution >= 4 is 39.2 Å². The summed E-state index contributed by atoms with van der Waals surface area (Å²) < 4.78 is 13.2. The number of aryl methyl sites for hydroxylation is 1. The Balaban J connectivity index is 1.86. The number of nitrogens with one attached hydrogen (secondary N) is 2. The molecule has 2 N–H and O–H groups in total. The molecule has 0 aliphatic carbocycles. The summed E-state index contributed by atoms with van der Waals surface area (Å²) in [4.78, 5) is 33.0. The van der Waals surface area contributed by atoms with E-state index in [0.29, 0.717) is 21.9 Å². The van der Waals surface area contributed by atoms with Gasteiger partial charge in [0.15, 0.2) is 5.16 Å². The molecule has 0 bridgehead atoms. The van der Waals surface area contributed by atoms with Gasteiger partial charge >= 0.3 is 0 Å². The molecular weight excluding hydrogens is 387 g/mol. The molecule has 0 radical (unpaired) electrons. The van der Waals surface area contributed by atoms with Gasteiger partial charge in [0.1, 0.15) is 10.6 Å². The number of benzene rings is 1. The Morgan fingerprint density at radius 2 is 2.15 bits per heavy atom. The topological polar surface area (TPSA) is 98.6 Å². The van der Waals surface area contributed by atoms with Crippen LogP contribution >= 0.6 is 23.1 Å². The number of thiophene rings is 1. The molecule has 0 saturated heterocycles. The largest absolute Gasteiger partial charge is 0.354 e. The van der Waals surface area contributed by atoms with Crippen LogP contribution in [0.5, 0.6) is 0 Å². The second-order valence-electron chi connectivity index (χ2n) is 5.64. The molecule has 3 aromatic rings. The zero-order valence-corrected chi connectivity index (χ0v) is 16.0. The molecule has 0 fully saturated rings. The van der Waals surface area contributed by atoms with Gasteiger partial charge in [-0.05, 0) is 24.6 Å². The molecule has 138 valence electrons. The van der Waals surface area contributed by atoms with Crippen LogP contribution in [0.3, 0.4) is 0 Å². The fraction of sp³-hybridized carbons (Fsp3) is 0.222. The number of H-pyrrole nitrogens is 1. The Bertz CT molecular complexity index is 1080. The monoisotopic (exact) mass is 402 g/mol. The first-order valence-electron chi connectivity index (χ1n) is 8.05. The van der Waals surface area contributed by atoms with Crippen molar-refractivity contribution in [1.82, 2.24) is 15.3 Å². The van der Waals surface area contributed by atoms with Crippen molar-refractivity contribution in [2.45, 2.75) is 18.5 Å². The van der Waals surface area contributed by atoms with E-state index in [4.69, 9.17) is 5.26 Å². The molecule has 27 heavy (non-hydrogen) atoms. The van der Waals surface area contributed by atoms with Crippen molar-refractivity contribution < 1.29 is 9.18 Å². The Hall–Kier alpha value is -2.70. The standard InChI is InChI=1S/C18H15FN4O2S2/c1-10-14(11-3-5-12(19)6-4-11)15-16(25)22-18(23-17(15)27-10)26-9-13(24)21-8-2-7-20/h3-6H,2,8-9H2,1H3,(H,21,24)(H,22,23,25). The maximum Gasteiger partial charge on any atom is 0.260 e. The number of aromatic amines is 1. The number of aromatic nitrogens is 2. The number of carbonyl (C=O) groups excluding carboxylic acids is 1. The van der Waals surface area contributed by atoms with E-state index in [1.807, 2.05) is 13.0 Å². The van der Waals surface area contributed by atoms with Gasteiger partial charge in [-0.15, -0.1) is 11.3 Å². The number of nitriles is 1. The highest BCUT2D eigenvalue weighted by atomic mass is 32.2. The third-order valence-electron chi connectivity index (χ3n) is 3.75. The Morgan fingerprint density at radius 1 is 1.41 bits per heavy atom. The summed E-state index contributed by atoms with van der Waals surface area (Å²) in [6.07, 6.45) is 0.248. The third-order valence-corrected chi connectivity index (χ3v) is 5.62. The molecule has 3 rings (SSSR count). The van der Waals surface area contributed by atoms with Crippen LogP contribution in [0.25, 0.3) is 21.3 Å². The van der Waals surface area contributed by atoms with Gasteiger partial charge in [-0.25, -0.2) is 9.37 Å². The number of nitrogens with zero attached hydrogens (tertiary/aromatic N) is 2. The van der Waals surface area contributed by atoms with Crippen LogP contribution in [0, 0.1) is 24.1 Å². The maximum atomic E-state index is 13.2. The second kappa shape index (κ2) is 8.33. The van der Waals surface area contributed by atoms with Crippen LogP contribution in [0.2, 0.25) is 0 Å². The van der Waals surface area contributed by atoms with Crippen molar-refractivity contribution in [2.75, 3.05) is 12.3 Å².